The first-order valence-corrected chi connectivity index (χ1v) is 4.06. The molecule has 1 N–H and O–H groups in total. The highest BCUT2D eigenvalue weighted by molar-refractivity contribution is 5.87. The zero-order valence-electron chi connectivity index (χ0n) is 7.83. The number of aliphatic hydroxyl groups is 1. The van der Waals surface area contributed by atoms with Crippen molar-refractivity contribution in [1.29, 1.82) is 0 Å². The molecule has 0 heterocycles. The normalized spacial score (nSPS) is 14.2. The van der Waals surface area contributed by atoms with E-state index >= 15 is 0 Å². The van der Waals surface area contributed by atoms with Crippen LogP contribution >= 0.6 is 0 Å². The predicted molar refractivity (Wildman–Crippen MR) is 46.7 cm³/mol. The van der Waals surface area contributed by atoms with Crippen LogP contribution in [0, 0.1) is 0 Å². The van der Waals surface area contributed by atoms with E-state index in [1.54, 1.807) is 26.8 Å². The van der Waals surface area contributed by atoms with Gasteiger partial charge in [0.1, 0.15) is 6.10 Å². The van der Waals surface area contributed by atoms with Gasteiger partial charge >= 0.3 is 5.97 Å². The minimum Gasteiger partial charge on any atom is -0.459 e. The molecule has 0 fully saturated rings. The molecule has 0 aliphatic carbocycles. The molecule has 0 aromatic carbocycles. The van der Waals surface area contributed by atoms with Crippen LogP contribution in [0.25, 0.3) is 0 Å². The van der Waals surface area contributed by atoms with E-state index in [2.05, 4.69) is 0 Å². The van der Waals surface area contributed by atoms with Crippen LogP contribution in [0.3, 0.4) is 0 Å². The fraction of sp³-hybridized carbons (Fsp3) is 0.667. The second kappa shape index (κ2) is 5.77. The molecule has 0 radical (unpaired) electrons. The first-order valence-electron chi connectivity index (χ1n) is 4.06. The maximum Gasteiger partial charge on any atom is 0.333 e. The topological polar surface area (TPSA) is 46.5 Å². The van der Waals surface area contributed by atoms with E-state index in [0.29, 0.717) is 12.0 Å². The Morgan fingerprint density at radius 2 is 2.25 bits per heavy atom. The lowest BCUT2D eigenvalue weighted by molar-refractivity contribution is -0.143. The number of carbonyl (C=O) groups excluding carboxylic acids is 1. The average Bonchev–Trinajstić information content (AvgIpc) is 2.03. The Balaban J connectivity index is 3.84. The summed E-state index contributed by atoms with van der Waals surface area (Å²) in [4.78, 5) is 11.1. The second-order valence-corrected chi connectivity index (χ2v) is 2.70. The van der Waals surface area contributed by atoms with Crippen molar-refractivity contribution in [3.63, 3.8) is 0 Å². The number of hydrogen-bond donors (Lipinski definition) is 1. The molecule has 12 heavy (non-hydrogen) atoms. The number of carbonyl (C=O) groups is 1. The summed E-state index contributed by atoms with van der Waals surface area (Å²) in [5, 5.41) is 8.54. The molecule has 0 saturated heterocycles. The molecule has 0 spiro atoms. The highest BCUT2D eigenvalue weighted by atomic mass is 16.5. The standard InChI is InChI=1S/C9H16O3/c1-4-7(2)9(11)12-8(3)5-6-10/h4,8,10H,5-6H2,1-3H3. The monoisotopic (exact) mass is 172 g/mol. The van der Waals surface area contributed by atoms with Crippen molar-refractivity contribution >= 4 is 5.97 Å². The van der Waals surface area contributed by atoms with Crippen LogP contribution in [0.2, 0.25) is 0 Å². The zero-order valence-corrected chi connectivity index (χ0v) is 7.83. The lowest BCUT2D eigenvalue weighted by Gasteiger charge is -2.11. The van der Waals surface area contributed by atoms with Gasteiger partial charge in [-0.2, -0.15) is 0 Å². The van der Waals surface area contributed by atoms with Gasteiger partial charge in [-0.25, -0.2) is 4.79 Å². The molecule has 0 aliphatic heterocycles. The maximum absolute atomic E-state index is 11.1. The zero-order chi connectivity index (χ0) is 9.56. The van der Waals surface area contributed by atoms with E-state index < -0.39 is 0 Å². The number of esters is 1. The third-order valence-electron chi connectivity index (χ3n) is 1.60. The van der Waals surface area contributed by atoms with Crippen molar-refractivity contribution in [2.75, 3.05) is 6.61 Å². The van der Waals surface area contributed by atoms with Crippen molar-refractivity contribution in [2.45, 2.75) is 33.3 Å². The van der Waals surface area contributed by atoms with E-state index in [0.717, 1.165) is 0 Å². The Hall–Kier alpha value is -0.830. The summed E-state index contributed by atoms with van der Waals surface area (Å²) in [7, 11) is 0. The lowest BCUT2D eigenvalue weighted by atomic mass is 10.2. The second-order valence-electron chi connectivity index (χ2n) is 2.70. The van der Waals surface area contributed by atoms with Crippen LogP contribution in [-0.4, -0.2) is 23.8 Å². The summed E-state index contributed by atoms with van der Waals surface area (Å²) in [5.41, 5.74) is 0.597. The Morgan fingerprint density at radius 1 is 1.67 bits per heavy atom. The molecule has 3 heteroatoms. The van der Waals surface area contributed by atoms with Gasteiger partial charge < -0.3 is 9.84 Å². The lowest BCUT2D eigenvalue weighted by Crippen LogP contribution is -2.16. The van der Waals surface area contributed by atoms with Crippen LogP contribution in [0.4, 0.5) is 0 Å². The van der Waals surface area contributed by atoms with Crippen molar-refractivity contribution in [3.05, 3.63) is 11.6 Å². The Bertz CT molecular complexity index is 173. The summed E-state index contributed by atoms with van der Waals surface area (Å²) in [6.45, 7) is 5.29. The molecule has 1 atom stereocenters. The molecule has 0 aromatic rings. The van der Waals surface area contributed by atoms with E-state index in [9.17, 15) is 4.79 Å². The van der Waals surface area contributed by atoms with Gasteiger partial charge in [0.15, 0.2) is 0 Å². The van der Waals surface area contributed by atoms with Gasteiger partial charge in [0.05, 0.1) is 0 Å². The fourth-order valence-corrected chi connectivity index (χ4v) is 0.634. The molecule has 0 bridgehead atoms. The smallest absolute Gasteiger partial charge is 0.333 e. The van der Waals surface area contributed by atoms with Crippen LogP contribution in [0.15, 0.2) is 11.6 Å². The van der Waals surface area contributed by atoms with E-state index in [1.165, 1.54) is 0 Å². The summed E-state index contributed by atoms with van der Waals surface area (Å²) < 4.78 is 4.98. The average molecular weight is 172 g/mol. The molecule has 0 saturated carbocycles. The molecule has 70 valence electrons. The van der Waals surface area contributed by atoms with Crippen LogP contribution in [0.5, 0.6) is 0 Å². The molecule has 0 aliphatic rings. The molecular weight excluding hydrogens is 156 g/mol. The third-order valence-corrected chi connectivity index (χ3v) is 1.60. The van der Waals surface area contributed by atoms with Gasteiger partial charge in [-0.15, -0.1) is 0 Å². The van der Waals surface area contributed by atoms with E-state index in [1.807, 2.05) is 0 Å². The van der Waals surface area contributed by atoms with Crippen molar-refractivity contribution in [3.8, 4) is 0 Å². The summed E-state index contributed by atoms with van der Waals surface area (Å²) >= 11 is 0. The van der Waals surface area contributed by atoms with E-state index in [4.69, 9.17) is 9.84 Å². The molecule has 0 rings (SSSR count). The quantitative estimate of drug-likeness (QED) is 0.513. The fourth-order valence-electron chi connectivity index (χ4n) is 0.634. The minimum atomic E-state index is -0.307. The Kier molecular flexibility index (Phi) is 5.37. The molecule has 0 amide bonds. The van der Waals surface area contributed by atoms with Gasteiger partial charge in [-0.3, -0.25) is 0 Å². The number of rotatable bonds is 4. The van der Waals surface area contributed by atoms with Gasteiger partial charge in [0.25, 0.3) is 0 Å². The maximum atomic E-state index is 11.1. The molecule has 0 aromatic heterocycles. The largest absolute Gasteiger partial charge is 0.459 e. The first kappa shape index (κ1) is 11.2. The Morgan fingerprint density at radius 3 is 2.67 bits per heavy atom. The summed E-state index contributed by atoms with van der Waals surface area (Å²) in [5.74, 6) is -0.307. The summed E-state index contributed by atoms with van der Waals surface area (Å²) in [6.07, 6.45) is 1.98. The van der Waals surface area contributed by atoms with Crippen molar-refractivity contribution < 1.29 is 14.6 Å². The number of aliphatic hydroxyl groups excluding tert-OH is 1. The SMILES string of the molecule is CC=C(C)C(=O)OC(C)CCO. The van der Waals surface area contributed by atoms with Crippen LogP contribution in [0.1, 0.15) is 27.2 Å². The predicted octanol–water partition coefficient (Wildman–Crippen LogP) is 1.27. The van der Waals surface area contributed by atoms with Gasteiger partial charge in [0, 0.05) is 18.6 Å². The van der Waals surface area contributed by atoms with Crippen molar-refractivity contribution in [2.24, 2.45) is 0 Å². The molecule has 3 nitrogen and oxygen atoms in total. The summed E-state index contributed by atoms with van der Waals surface area (Å²) in [6, 6.07) is 0. The highest BCUT2D eigenvalue weighted by Crippen LogP contribution is 2.02. The van der Waals surface area contributed by atoms with Gasteiger partial charge in [0.2, 0.25) is 0 Å². The molecular formula is C9H16O3. The van der Waals surface area contributed by atoms with Gasteiger partial charge in [-0.05, 0) is 20.8 Å². The highest BCUT2D eigenvalue weighted by Gasteiger charge is 2.09. The van der Waals surface area contributed by atoms with Crippen LogP contribution < -0.4 is 0 Å². The van der Waals surface area contributed by atoms with Crippen molar-refractivity contribution in [1.82, 2.24) is 0 Å². The molecule has 1 unspecified atom stereocenters. The minimum absolute atomic E-state index is 0.0450. The third kappa shape index (κ3) is 4.13. The van der Waals surface area contributed by atoms with Gasteiger partial charge in [-0.1, -0.05) is 6.08 Å². The number of allylic oxidation sites excluding steroid dienone is 1. The number of hydrogen-bond acceptors (Lipinski definition) is 3. The Labute approximate surface area is 73.0 Å². The van der Waals surface area contributed by atoms with Crippen LogP contribution in [-0.2, 0) is 9.53 Å². The first-order chi connectivity index (χ1) is 5.61. The van der Waals surface area contributed by atoms with E-state index in [-0.39, 0.29) is 18.7 Å². The number of ether oxygens (including phenoxy) is 1.